The van der Waals surface area contributed by atoms with Gasteiger partial charge in [-0.05, 0) is 68.7 Å². The zero-order valence-corrected chi connectivity index (χ0v) is 27.5. The van der Waals surface area contributed by atoms with Crippen LogP contribution >= 0.6 is 0 Å². The van der Waals surface area contributed by atoms with E-state index in [0.717, 1.165) is 71.5 Å². The van der Waals surface area contributed by atoms with Gasteiger partial charge in [-0.15, -0.1) is 0 Å². The standard InChI is InChI=1S/C47H29N3O/c1-3-11-30(12-4-1)33-19-22-34(23-20-33)45-48-46(37-24-21-32-15-7-8-16-35(32)27-37)50-47(49-45)42-29-41-38-17-9-10-18-43(38)51-44(41)39-26-25-36(28-40(39)42)31-13-5-2-6-14-31/h1-29H. The van der Waals surface area contributed by atoms with Crippen molar-refractivity contribution in [2.24, 2.45) is 0 Å². The summed E-state index contributed by atoms with van der Waals surface area (Å²) in [6, 6.07) is 61.1. The molecule has 0 radical (unpaired) electrons. The lowest BCUT2D eigenvalue weighted by Crippen LogP contribution is -2.01. The monoisotopic (exact) mass is 651 g/mol. The lowest BCUT2D eigenvalue weighted by Gasteiger charge is -2.13. The van der Waals surface area contributed by atoms with Gasteiger partial charge in [0, 0.05) is 32.8 Å². The molecule has 0 unspecified atom stereocenters. The van der Waals surface area contributed by atoms with Gasteiger partial charge in [0.15, 0.2) is 17.5 Å². The first-order chi connectivity index (χ1) is 25.2. The second-order valence-electron chi connectivity index (χ2n) is 12.8. The highest BCUT2D eigenvalue weighted by atomic mass is 16.3. The third-order valence-corrected chi connectivity index (χ3v) is 9.72. The molecule has 238 valence electrons. The Labute approximate surface area is 294 Å². The van der Waals surface area contributed by atoms with Crippen LogP contribution in [0.15, 0.2) is 180 Å². The van der Waals surface area contributed by atoms with Crippen molar-refractivity contribution in [1.29, 1.82) is 0 Å². The lowest BCUT2D eigenvalue weighted by molar-refractivity contribution is 0.672. The van der Waals surface area contributed by atoms with Crippen molar-refractivity contribution in [3.63, 3.8) is 0 Å². The van der Waals surface area contributed by atoms with E-state index in [9.17, 15) is 0 Å². The van der Waals surface area contributed by atoms with Crippen molar-refractivity contribution in [3.8, 4) is 56.4 Å². The van der Waals surface area contributed by atoms with E-state index in [-0.39, 0.29) is 0 Å². The van der Waals surface area contributed by atoms with Gasteiger partial charge in [-0.1, -0.05) is 146 Å². The molecule has 2 aromatic heterocycles. The summed E-state index contributed by atoms with van der Waals surface area (Å²) in [7, 11) is 0. The van der Waals surface area contributed by atoms with Crippen molar-refractivity contribution in [2.45, 2.75) is 0 Å². The normalized spacial score (nSPS) is 11.5. The van der Waals surface area contributed by atoms with Gasteiger partial charge < -0.3 is 4.42 Å². The molecule has 4 heteroatoms. The van der Waals surface area contributed by atoms with E-state index in [1.165, 1.54) is 10.9 Å². The maximum atomic E-state index is 6.52. The maximum absolute atomic E-state index is 6.52. The van der Waals surface area contributed by atoms with E-state index in [4.69, 9.17) is 19.4 Å². The number of aromatic nitrogens is 3. The predicted octanol–water partition coefficient (Wildman–Crippen LogP) is 12.4. The first-order valence-corrected chi connectivity index (χ1v) is 17.1. The topological polar surface area (TPSA) is 51.8 Å². The number of fused-ring (bicyclic) bond motifs is 6. The van der Waals surface area contributed by atoms with Crippen LogP contribution in [0.5, 0.6) is 0 Å². The third kappa shape index (κ3) is 5.13. The number of hydrogen-bond acceptors (Lipinski definition) is 4. The van der Waals surface area contributed by atoms with Gasteiger partial charge in [-0.3, -0.25) is 0 Å². The fourth-order valence-corrected chi connectivity index (χ4v) is 7.12. The minimum atomic E-state index is 0.609. The van der Waals surface area contributed by atoms with Crippen LogP contribution in [-0.4, -0.2) is 15.0 Å². The highest BCUT2D eigenvalue weighted by Crippen LogP contribution is 2.41. The molecule has 0 aliphatic carbocycles. The van der Waals surface area contributed by atoms with Crippen LogP contribution in [0.3, 0.4) is 0 Å². The fourth-order valence-electron chi connectivity index (χ4n) is 7.12. The Morgan fingerprint density at radius 2 is 0.882 bits per heavy atom. The molecule has 10 aromatic rings. The van der Waals surface area contributed by atoms with Crippen LogP contribution in [0.25, 0.3) is 99.9 Å². The van der Waals surface area contributed by atoms with Gasteiger partial charge in [0.05, 0.1) is 0 Å². The number of nitrogens with zero attached hydrogens (tertiary/aromatic N) is 3. The lowest BCUT2D eigenvalue weighted by atomic mass is 9.95. The summed E-state index contributed by atoms with van der Waals surface area (Å²) < 4.78 is 6.52. The molecule has 10 rings (SSSR count). The number of rotatable bonds is 5. The molecule has 0 amide bonds. The largest absolute Gasteiger partial charge is 0.455 e. The smallest absolute Gasteiger partial charge is 0.164 e. The van der Waals surface area contributed by atoms with Crippen molar-refractivity contribution in [2.75, 3.05) is 0 Å². The Morgan fingerprint density at radius 3 is 1.67 bits per heavy atom. The van der Waals surface area contributed by atoms with Gasteiger partial charge in [0.2, 0.25) is 0 Å². The van der Waals surface area contributed by atoms with Crippen molar-refractivity contribution >= 4 is 43.5 Å². The van der Waals surface area contributed by atoms with E-state index in [0.29, 0.717) is 17.5 Å². The molecule has 0 N–H and O–H groups in total. The van der Waals surface area contributed by atoms with Gasteiger partial charge in [0.25, 0.3) is 0 Å². The summed E-state index contributed by atoms with van der Waals surface area (Å²) >= 11 is 0. The van der Waals surface area contributed by atoms with Crippen LogP contribution in [0.2, 0.25) is 0 Å². The molecule has 2 heterocycles. The van der Waals surface area contributed by atoms with E-state index >= 15 is 0 Å². The summed E-state index contributed by atoms with van der Waals surface area (Å²) in [6.45, 7) is 0. The Morgan fingerprint density at radius 1 is 0.314 bits per heavy atom. The second-order valence-corrected chi connectivity index (χ2v) is 12.8. The average Bonchev–Trinajstić information content (AvgIpc) is 3.59. The van der Waals surface area contributed by atoms with Crippen LogP contribution in [0.1, 0.15) is 0 Å². The van der Waals surface area contributed by atoms with Gasteiger partial charge >= 0.3 is 0 Å². The third-order valence-electron chi connectivity index (χ3n) is 9.72. The zero-order valence-electron chi connectivity index (χ0n) is 27.5. The fraction of sp³-hybridized carbons (Fsp3) is 0. The molecule has 0 fully saturated rings. The highest BCUT2D eigenvalue weighted by Gasteiger charge is 2.20. The molecule has 0 aliphatic rings. The Kier molecular flexibility index (Phi) is 6.78. The first-order valence-electron chi connectivity index (χ1n) is 17.1. The second kappa shape index (κ2) is 11.9. The minimum Gasteiger partial charge on any atom is -0.455 e. The van der Waals surface area contributed by atoms with Crippen molar-refractivity contribution in [3.05, 3.63) is 176 Å². The van der Waals surface area contributed by atoms with Gasteiger partial charge in [-0.25, -0.2) is 15.0 Å². The summed E-state index contributed by atoms with van der Waals surface area (Å²) in [4.78, 5) is 15.6. The summed E-state index contributed by atoms with van der Waals surface area (Å²) in [5.74, 6) is 1.85. The van der Waals surface area contributed by atoms with Gasteiger partial charge in [-0.2, -0.15) is 0 Å². The number of benzene rings is 8. The first kappa shape index (κ1) is 29.0. The Hall–Kier alpha value is -6.91. The quantitative estimate of drug-likeness (QED) is 0.186. The van der Waals surface area contributed by atoms with E-state index in [1.54, 1.807) is 0 Å². The Bertz CT molecular complexity index is 2900. The van der Waals surface area contributed by atoms with Crippen LogP contribution in [0.4, 0.5) is 0 Å². The molecule has 0 spiro atoms. The molecule has 4 nitrogen and oxygen atoms in total. The van der Waals surface area contributed by atoms with Crippen molar-refractivity contribution in [1.82, 2.24) is 15.0 Å². The molecule has 0 saturated carbocycles. The molecule has 0 atom stereocenters. The van der Waals surface area contributed by atoms with Crippen molar-refractivity contribution < 1.29 is 4.42 Å². The summed E-state index contributed by atoms with van der Waals surface area (Å²) in [5, 5.41) is 6.42. The van der Waals surface area contributed by atoms with E-state index in [1.807, 2.05) is 24.3 Å². The number of hydrogen-bond donors (Lipinski definition) is 0. The predicted molar refractivity (Wildman–Crippen MR) is 209 cm³/mol. The molecular weight excluding hydrogens is 623 g/mol. The molecular formula is C47H29N3O. The molecule has 0 bridgehead atoms. The van der Waals surface area contributed by atoms with Crippen LogP contribution < -0.4 is 0 Å². The molecule has 8 aromatic carbocycles. The average molecular weight is 652 g/mol. The highest BCUT2D eigenvalue weighted by molar-refractivity contribution is 6.19. The molecule has 51 heavy (non-hydrogen) atoms. The number of para-hydroxylation sites is 1. The summed E-state index contributed by atoms with van der Waals surface area (Å²) in [6.07, 6.45) is 0. The Balaban J connectivity index is 1.24. The van der Waals surface area contributed by atoms with E-state index in [2.05, 4.69) is 152 Å². The van der Waals surface area contributed by atoms with E-state index < -0.39 is 0 Å². The minimum absolute atomic E-state index is 0.609. The number of furan rings is 1. The van der Waals surface area contributed by atoms with Crippen LogP contribution in [-0.2, 0) is 0 Å². The van der Waals surface area contributed by atoms with Crippen LogP contribution in [0, 0.1) is 0 Å². The van der Waals surface area contributed by atoms with Gasteiger partial charge in [0.1, 0.15) is 11.2 Å². The molecule has 0 saturated heterocycles. The summed E-state index contributed by atoms with van der Waals surface area (Å²) in [5.41, 5.74) is 9.04. The molecule has 0 aliphatic heterocycles. The maximum Gasteiger partial charge on any atom is 0.164 e. The SMILES string of the molecule is c1ccc(-c2ccc(-c3nc(-c4ccc5ccccc5c4)nc(-c4cc5c6ccccc6oc5c5ccc(-c6ccccc6)cc45)n3)cc2)cc1. The zero-order chi connectivity index (χ0) is 33.7.